The van der Waals surface area contributed by atoms with Crippen LogP contribution in [0.1, 0.15) is 50.2 Å². The minimum atomic E-state index is -0.746. The number of hydrogen-bond donors (Lipinski definition) is 1. The fraction of sp³-hybridized carbons (Fsp3) is 0.471. The van der Waals surface area contributed by atoms with Gasteiger partial charge in [-0.2, -0.15) is 0 Å². The highest BCUT2D eigenvalue weighted by Crippen LogP contribution is 2.08. The van der Waals surface area contributed by atoms with Crippen molar-refractivity contribution in [1.82, 2.24) is 0 Å². The lowest BCUT2D eigenvalue weighted by Crippen LogP contribution is -1.92. The van der Waals surface area contributed by atoms with Crippen LogP contribution in [0, 0.1) is 11.8 Å². The molecule has 2 heteroatoms. The monoisotopic (exact) mass is 258 g/mol. The van der Waals surface area contributed by atoms with Crippen molar-refractivity contribution in [2.24, 2.45) is 0 Å². The molecule has 0 aliphatic carbocycles. The van der Waals surface area contributed by atoms with Gasteiger partial charge in [0.1, 0.15) is 0 Å². The van der Waals surface area contributed by atoms with E-state index in [1.165, 1.54) is 24.0 Å². The van der Waals surface area contributed by atoms with Crippen molar-refractivity contribution in [3.63, 3.8) is 0 Å². The third-order valence-corrected chi connectivity index (χ3v) is 2.95. The van der Waals surface area contributed by atoms with Gasteiger partial charge in [0.2, 0.25) is 0 Å². The topological polar surface area (TPSA) is 37.3 Å². The Kier molecular flexibility index (Phi) is 7.43. The Labute approximate surface area is 115 Å². The number of rotatable bonds is 7. The van der Waals surface area contributed by atoms with Crippen molar-refractivity contribution in [1.29, 1.82) is 0 Å². The van der Waals surface area contributed by atoms with E-state index >= 15 is 0 Å². The first-order chi connectivity index (χ1) is 9.22. The van der Waals surface area contributed by atoms with Gasteiger partial charge in [0, 0.05) is 19.3 Å². The number of carboxylic acids is 1. The van der Waals surface area contributed by atoms with Crippen molar-refractivity contribution < 1.29 is 9.90 Å². The molecule has 1 aromatic carbocycles. The lowest BCUT2D eigenvalue weighted by molar-refractivity contribution is -0.137. The molecule has 102 valence electrons. The van der Waals surface area contributed by atoms with Gasteiger partial charge in [-0.3, -0.25) is 4.79 Å². The molecule has 0 heterocycles. The molecule has 0 aliphatic rings. The van der Waals surface area contributed by atoms with Gasteiger partial charge in [-0.1, -0.05) is 43.5 Å². The van der Waals surface area contributed by atoms with Crippen molar-refractivity contribution in [2.45, 2.75) is 51.9 Å². The zero-order valence-corrected chi connectivity index (χ0v) is 11.6. The van der Waals surface area contributed by atoms with E-state index in [9.17, 15) is 4.79 Å². The van der Waals surface area contributed by atoms with E-state index in [-0.39, 0.29) is 6.42 Å². The highest BCUT2D eigenvalue weighted by molar-refractivity contribution is 5.66. The number of aryl methyl sites for hydroxylation is 1. The average molecular weight is 258 g/mol. The van der Waals surface area contributed by atoms with Crippen LogP contribution in [0.5, 0.6) is 0 Å². The SMILES string of the molecule is CCCCc1ccc(CC#CCCCC(=O)O)cc1. The first kappa shape index (κ1) is 15.3. The summed E-state index contributed by atoms with van der Waals surface area (Å²) in [7, 11) is 0. The van der Waals surface area contributed by atoms with Crippen LogP contribution in [0.15, 0.2) is 24.3 Å². The molecule has 0 fully saturated rings. The number of unbranched alkanes of at least 4 members (excludes halogenated alkanes) is 2. The summed E-state index contributed by atoms with van der Waals surface area (Å²) < 4.78 is 0. The summed E-state index contributed by atoms with van der Waals surface area (Å²) in [4.78, 5) is 10.3. The molecular weight excluding hydrogens is 236 g/mol. The standard InChI is InChI=1S/C17H22O2/c1-2-3-8-15-11-13-16(14-12-15)9-6-4-5-7-10-17(18)19/h11-14H,2-3,5,7-10H2,1H3,(H,18,19). The maximum atomic E-state index is 10.3. The second-order valence-corrected chi connectivity index (χ2v) is 4.70. The molecule has 2 nitrogen and oxygen atoms in total. The molecule has 19 heavy (non-hydrogen) atoms. The zero-order valence-electron chi connectivity index (χ0n) is 11.6. The van der Waals surface area contributed by atoms with E-state index in [1.807, 2.05) is 0 Å². The molecule has 1 rings (SSSR count). The molecule has 0 bridgehead atoms. The van der Waals surface area contributed by atoms with Crippen LogP contribution in [0.3, 0.4) is 0 Å². The molecule has 0 radical (unpaired) electrons. The third-order valence-electron chi connectivity index (χ3n) is 2.95. The quantitative estimate of drug-likeness (QED) is 0.596. The normalized spacial score (nSPS) is 9.74. The van der Waals surface area contributed by atoms with Gasteiger partial charge < -0.3 is 5.11 Å². The summed E-state index contributed by atoms with van der Waals surface area (Å²) in [5.74, 6) is 5.37. The molecule has 0 atom stereocenters. The Morgan fingerprint density at radius 1 is 1.11 bits per heavy atom. The molecular formula is C17H22O2. The fourth-order valence-electron chi connectivity index (χ4n) is 1.79. The van der Waals surface area contributed by atoms with E-state index < -0.39 is 5.97 Å². The second kappa shape index (κ2) is 9.22. The van der Waals surface area contributed by atoms with Crippen LogP contribution in [-0.4, -0.2) is 11.1 Å². The van der Waals surface area contributed by atoms with E-state index in [0.717, 1.165) is 12.8 Å². The lowest BCUT2D eigenvalue weighted by Gasteiger charge is -2.00. The van der Waals surface area contributed by atoms with Crippen molar-refractivity contribution >= 4 is 5.97 Å². The summed E-state index contributed by atoms with van der Waals surface area (Å²) in [6, 6.07) is 8.63. The highest BCUT2D eigenvalue weighted by atomic mass is 16.4. The molecule has 0 saturated heterocycles. The van der Waals surface area contributed by atoms with Gasteiger partial charge in [0.05, 0.1) is 0 Å². The predicted octanol–water partition coefficient (Wildman–Crippen LogP) is 3.83. The largest absolute Gasteiger partial charge is 0.481 e. The maximum Gasteiger partial charge on any atom is 0.303 e. The summed E-state index contributed by atoms with van der Waals surface area (Å²) in [5.41, 5.74) is 2.62. The van der Waals surface area contributed by atoms with Gasteiger partial charge >= 0.3 is 5.97 Å². The Morgan fingerprint density at radius 3 is 2.42 bits per heavy atom. The molecule has 0 amide bonds. The molecule has 0 spiro atoms. The molecule has 0 saturated carbocycles. The van der Waals surface area contributed by atoms with E-state index in [0.29, 0.717) is 12.8 Å². The van der Waals surface area contributed by atoms with Crippen LogP contribution < -0.4 is 0 Å². The fourth-order valence-corrected chi connectivity index (χ4v) is 1.79. The first-order valence-corrected chi connectivity index (χ1v) is 6.97. The van der Waals surface area contributed by atoms with Gasteiger partial charge in [-0.05, 0) is 30.4 Å². The molecule has 1 N–H and O–H groups in total. The minimum absolute atomic E-state index is 0.209. The molecule has 0 aliphatic heterocycles. The number of carbonyl (C=O) groups is 1. The summed E-state index contributed by atoms with van der Waals surface area (Å²) in [6.45, 7) is 2.20. The summed E-state index contributed by atoms with van der Waals surface area (Å²) >= 11 is 0. The minimum Gasteiger partial charge on any atom is -0.481 e. The van der Waals surface area contributed by atoms with Crippen LogP contribution in [0.25, 0.3) is 0 Å². The van der Waals surface area contributed by atoms with Crippen LogP contribution in [-0.2, 0) is 17.6 Å². The van der Waals surface area contributed by atoms with Crippen LogP contribution >= 0.6 is 0 Å². The highest BCUT2D eigenvalue weighted by Gasteiger charge is 1.94. The van der Waals surface area contributed by atoms with Crippen molar-refractivity contribution in [3.05, 3.63) is 35.4 Å². The first-order valence-electron chi connectivity index (χ1n) is 6.97. The average Bonchev–Trinajstić information content (AvgIpc) is 2.41. The Balaban J connectivity index is 2.29. The van der Waals surface area contributed by atoms with Crippen LogP contribution in [0.4, 0.5) is 0 Å². The molecule has 1 aromatic rings. The smallest absolute Gasteiger partial charge is 0.303 e. The zero-order chi connectivity index (χ0) is 13.9. The van der Waals surface area contributed by atoms with E-state index in [1.54, 1.807) is 0 Å². The number of hydrogen-bond acceptors (Lipinski definition) is 1. The van der Waals surface area contributed by atoms with Gasteiger partial charge in [-0.25, -0.2) is 0 Å². The van der Waals surface area contributed by atoms with Gasteiger partial charge in [0.25, 0.3) is 0 Å². The number of benzene rings is 1. The number of aliphatic carboxylic acids is 1. The van der Waals surface area contributed by atoms with Gasteiger partial charge in [0.15, 0.2) is 0 Å². The Morgan fingerprint density at radius 2 is 1.79 bits per heavy atom. The Hall–Kier alpha value is -1.75. The molecule has 0 unspecified atom stereocenters. The van der Waals surface area contributed by atoms with Gasteiger partial charge in [-0.15, -0.1) is 5.92 Å². The Bertz CT molecular complexity index is 435. The summed E-state index contributed by atoms with van der Waals surface area (Å²) in [6.07, 6.45) is 5.88. The van der Waals surface area contributed by atoms with Crippen LogP contribution in [0.2, 0.25) is 0 Å². The van der Waals surface area contributed by atoms with Crippen molar-refractivity contribution in [3.8, 4) is 11.8 Å². The van der Waals surface area contributed by atoms with Crippen molar-refractivity contribution in [2.75, 3.05) is 0 Å². The molecule has 0 aromatic heterocycles. The second-order valence-electron chi connectivity index (χ2n) is 4.70. The lowest BCUT2D eigenvalue weighted by atomic mass is 10.1. The third kappa shape index (κ3) is 7.31. The van der Waals surface area contributed by atoms with E-state index in [4.69, 9.17) is 5.11 Å². The van der Waals surface area contributed by atoms with E-state index in [2.05, 4.69) is 43.0 Å². The summed E-state index contributed by atoms with van der Waals surface area (Å²) in [5, 5.41) is 8.49. The maximum absolute atomic E-state index is 10.3. The predicted molar refractivity (Wildman–Crippen MR) is 78.0 cm³/mol. The number of carboxylic acid groups (broad SMARTS) is 1.